The lowest BCUT2D eigenvalue weighted by Gasteiger charge is -2.17. The summed E-state index contributed by atoms with van der Waals surface area (Å²) >= 11 is 0. The lowest BCUT2D eigenvalue weighted by atomic mass is 10.2. The molecule has 0 heterocycles. The zero-order valence-electron chi connectivity index (χ0n) is 11.3. The Morgan fingerprint density at radius 1 is 1.22 bits per heavy atom. The second kappa shape index (κ2) is 7.71. The average Bonchev–Trinajstić information content (AvgIpc) is 2.37. The number of nitrogens with one attached hydrogen (secondary N) is 1. The molecule has 0 saturated carbocycles. The van der Waals surface area contributed by atoms with Crippen LogP contribution < -0.4 is 11.1 Å². The van der Waals surface area contributed by atoms with Gasteiger partial charge in [0.15, 0.2) is 0 Å². The maximum atomic E-state index is 11.7. The minimum Gasteiger partial charge on any atom is -0.399 e. The monoisotopic (exact) mass is 249 g/mol. The average molecular weight is 249 g/mol. The first-order valence-corrected chi connectivity index (χ1v) is 6.53. The lowest BCUT2D eigenvalue weighted by Crippen LogP contribution is -2.25. The SMILES string of the molecule is CCN(CC)CCCC(=O)Nc1ccc(N)cc1. The van der Waals surface area contributed by atoms with E-state index in [9.17, 15) is 4.79 Å². The second-order valence-electron chi connectivity index (χ2n) is 4.30. The fraction of sp³-hybridized carbons (Fsp3) is 0.500. The number of hydrogen-bond donors (Lipinski definition) is 2. The molecule has 4 nitrogen and oxygen atoms in total. The molecule has 0 saturated heterocycles. The molecule has 1 aromatic carbocycles. The van der Waals surface area contributed by atoms with Gasteiger partial charge in [0.25, 0.3) is 0 Å². The summed E-state index contributed by atoms with van der Waals surface area (Å²) in [6.07, 6.45) is 1.45. The molecule has 0 unspecified atom stereocenters. The number of carbonyl (C=O) groups excluding carboxylic acids is 1. The van der Waals surface area contributed by atoms with Crippen LogP contribution in [-0.4, -0.2) is 30.4 Å². The van der Waals surface area contributed by atoms with E-state index < -0.39 is 0 Å². The van der Waals surface area contributed by atoms with Crippen molar-refractivity contribution < 1.29 is 4.79 Å². The molecule has 1 amide bonds. The summed E-state index contributed by atoms with van der Waals surface area (Å²) < 4.78 is 0. The molecule has 0 aliphatic heterocycles. The summed E-state index contributed by atoms with van der Waals surface area (Å²) in [4.78, 5) is 14.0. The molecule has 0 atom stereocenters. The molecule has 0 aromatic heterocycles. The summed E-state index contributed by atoms with van der Waals surface area (Å²) in [7, 11) is 0. The van der Waals surface area contributed by atoms with Gasteiger partial charge in [-0.1, -0.05) is 13.8 Å². The lowest BCUT2D eigenvalue weighted by molar-refractivity contribution is -0.116. The summed E-state index contributed by atoms with van der Waals surface area (Å²) in [5, 5.41) is 2.87. The van der Waals surface area contributed by atoms with E-state index in [-0.39, 0.29) is 5.91 Å². The Morgan fingerprint density at radius 2 is 1.83 bits per heavy atom. The highest BCUT2D eigenvalue weighted by molar-refractivity contribution is 5.90. The van der Waals surface area contributed by atoms with Gasteiger partial charge < -0.3 is 16.0 Å². The summed E-state index contributed by atoms with van der Waals surface area (Å²) in [6.45, 7) is 7.32. The number of carbonyl (C=O) groups is 1. The van der Waals surface area contributed by atoms with Gasteiger partial charge in [0.2, 0.25) is 5.91 Å². The van der Waals surface area contributed by atoms with Crippen LogP contribution >= 0.6 is 0 Å². The fourth-order valence-corrected chi connectivity index (χ4v) is 1.79. The van der Waals surface area contributed by atoms with E-state index in [0.29, 0.717) is 12.1 Å². The van der Waals surface area contributed by atoms with Gasteiger partial charge in [0.1, 0.15) is 0 Å². The van der Waals surface area contributed by atoms with Gasteiger partial charge in [0.05, 0.1) is 0 Å². The van der Waals surface area contributed by atoms with Crippen molar-refractivity contribution in [1.82, 2.24) is 4.90 Å². The third-order valence-corrected chi connectivity index (χ3v) is 2.97. The molecule has 1 aromatic rings. The number of rotatable bonds is 7. The molecule has 0 spiro atoms. The van der Waals surface area contributed by atoms with Crippen LogP contribution in [0.3, 0.4) is 0 Å². The van der Waals surface area contributed by atoms with Crippen LogP contribution in [0.25, 0.3) is 0 Å². The first-order chi connectivity index (χ1) is 8.65. The number of nitrogen functional groups attached to an aromatic ring is 1. The molecule has 100 valence electrons. The van der Waals surface area contributed by atoms with E-state index in [4.69, 9.17) is 5.73 Å². The smallest absolute Gasteiger partial charge is 0.224 e. The minimum atomic E-state index is 0.0620. The zero-order chi connectivity index (χ0) is 13.4. The van der Waals surface area contributed by atoms with Crippen LogP contribution in [0.4, 0.5) is 11.4 Å². The Balaban J connectivity index is 2.27. The van der Waals surface area contributed by atoms with Gasteiger partial charge in [-0.25, -0.2) is 0 Å². The highest BCUT2D eigenvalue weighted by Crippen LogP contribution is 2.11. The predicted octanol–water partition coefficient (Wildman–Crippen LogP) is 2.33. The van der Waals surface area contributed by atoms with Crippen LogP contribution in [0, 0.1) is 0 Å². The first-order valence-electron chi connectivity index (χ1n) is 6.53. The quantitative estimate of drug-likeness (QED) is 0.729. The van der Waals surface area contributed by atoms with Crippen LogP contribution in [-0.2, 0) is 4.79 Å². The Bertz CT molecular complexity index is 358. The van der Waals surface area contributed by atoms with Crippen molar-refractivity contribution in [2.24, 2.45) is 0 Å². The highest BCUT2D eigenvalue weighted by Gasteiger charge is 2.04. The molecular weight excluding hydrogens is 226 g/mol. The summed E-state index contributed by atoms with van der Waals surface area (Å²) in [5.74, 6) is 0.0620. The first kappa shape index (κ1) is 14.5. The maximum Gasteiger partial charge on any atom is 0.224 e. The van der Waals surface area contributed by atoms with Gasteiger partial charge in [0, 0.05) is 17.8 Å². The summed E-state index contributed by atoms with van der Waals surface area (Å²) in [6, 6.07) is 7.20. The second-order valence-corrected chi connectivity index (χ2v) is 4.30. The molecule has 0 bridgehead atoms. The molecule has 0 radical (unpaired) electrons. The van der Waals surface area contributed by atoms with Crippen molar-refractivity contribution in [3.63, 3.8) is 0 Å². The molecular formula is C14H23N3O. The topological polar surface area (TPSA) is 58.4 Å². The molecule has 4 heteroatoms. The standard InChI is InChI=1S/C14H23N3O/c1-3-17(4-2)11-5-6-14(18)16-13-9-7-12(15)8-10-13/h7-10H,3-6,11,15H2,1-2H3,(H,16,18). The number of hydrogen-bond acceptors (Lipinski definition) is 3. The van der Waals surface area contributed by atoms with Crippen molar-refractivity contribution in [2.45, 2.75) is 26.7 Å². The van der Waals surface area contributed by atoms with Crippen LogP contribution in [0.5, 0.6) is 0 Å². The normalized spacial score (nSPS) is 10.6. The van der Waals surface area contributed by atoms with Crippen LogP contribution in [0.1, 0.15) is 26.7 Å². The van der Waals surface area contributed by atoms with E-state index in [0.717, 1.165) is 31.7 Å². The molecule has 18 heavy (non-hydrogen) atoms. The van der Waals surface area contributed by atoms with Gasteiger partial charge in [-0.2, -0.15) is 0 Å². The van der Waals surface area contributed by atoms with E-state index in [2.05, 4.69) is 24.1 Å². The molecule has 1 rings (SSSR count). The van der Waals surface area contributed by atoms with Crippen molar-refractivity contribution >= 4 is 17.3 Å². The Hall–Kier alpha value is -1.55. The Morgan fingerprint density at radius 3 is 2.39 bits per heavy atom. The number of anilines is 2. The number of nitrogens with zero attached hydrogens (tertiary/aromatic N) is 1. The Kier molecular flexibility index (Phi) is 6.22. The molecule has 0 fully saturated rings. The Labute approximate surface area is 109 Å². The predicted molar refractivity (Wildman–Crippen MR) is 76.5 cm³/mol. The molecule has 0 aliphatic rings. The van der Waals surface area contributed by atoms with E-state index >= 15 is 0 Å². The number of benzene rings is 1. The van der Waals surface area contributed by atoms with Crippen molar-refractivity contribution in [2.75, 3.05) is 30.7 Å². The zero-order valence-corrected chi connectivity index (χ0v) is 11.3. The van der Waals surface area contributed by atoms with Crippen LogP contribution in [0.15, 0.2) is 24.3 Å². The third kappa shape index (κ3) is 5.19. The maximum absolute atomic E-state index is 11.7. The van der Waals surface area contributed by atoms with Crippen LogP contribution in [0.2, 0.25) is 0 Å². The molecule has 3 N–H and O–H groups in total. The van der Waals surface area contributed by atoms with E-state index in [1.807, 2.05) is 12.1 Å². The van der Waals surface area contributed by atoms with Gasteiger partial charge >= 0.3 is 0 Å². The van der Waals surface area contributed by atoms with E-state index in [1.54, 1.807) is 12.1 Å². The fourth-order valence-electron chi connectivity index (χ4n) is 1.79. The van der Waals surface area contributed by atoms with Gasteiger partial charge in [-0.15, -0.1) is 0 Å². The largest absolute Gasteiger partial charge is 0.399 e. The van der Waals surface area contributed by atoms with Crippen molar-refractivity contribution in [1.29, 1.82) is 0 Å². The highest BCUT2D eigenvalue weighted by atomic mass is 16.1. The minimum absolute atomic E-state index is 0.0620. The summed E-state index contributed by atoms with van der Waals surface area (Å²) in [5.41, 5.74) is 7.09. The van der Waals surface area contributed by atoms with Crippen molar-refractivity contribution in [3.05, 3.63) is 24.3 Å². The molecule has 0 aliphatic carbocycles. The van der Waals surface area contributed by atoms with Gasteiger partial charge in [-0.05, 0) is 50.3 Å². The van der Waals surface area contributed by atoms with Crippen molar-refractivity contribution in [3.8, 4) is 0 Å². The van der Waals surface area contributed by atoms with Gasteiger partial charge in [-0.3, -0.25) is 4.79 Å². The number of nitrogens with two attached hydrogens (primary N) is 1. The van der Waals surface area contributed by atoms with E-state index in [1.165, 1.54) is 0 Å². The third-order valence-electron chi connectivity index (χ3n) is 2.97. The number of amides is 1.